The van der Waals surface area contributed by atoms with Gasteiger partial charge in [-0.1, -0.05) is 44.2 Å². The first kappa shape index (κ1) is 13.6. The highest BCUT2D eigenvalue weighted by molar-refractivity contribution is 5.14. The third-order valence-corrected chi connectivity index (χ3v) is 4.32. The summed E-state index contributed by atoms with van der Waals surface area (Å²) in [5, 5.41) is 3.76. The number of aryl methyl sites for hydroxylation is 1. The van der Waals surface area contributed by atoms with E-state index in [1.54, 1.807) is 0 Å². The maximum Gasteiger partial charge on any atom is 0.0121 e. The van der Waals surface area contributed by atoms with Crippen LogP contribution in [0.4, 0.5) is 0 Å². The van der Waals surface area contributed by atoms with Crippen LogP contribution in [-0.2, 0) is 6.42 Å². The fraction of sp³-hybridized carbons (Fsp3) is 0.647. The maximum absolute atomic E-state index is 3.76. The van der Waals surface area contributed by atoms with Crippen LogP contribution in [0.25, 0.3) is 0 Å². The first-order valence-electron chi connectivity index (χ1n) is 7.52. The summed E-state index contributed by atoms with van der Waals surface area (Å²) in [5.74, 6) is 0. The van der Waals surface area contributed by atoms with E-state index in [1.165, 1.54) is 50.6 Å². The molecule has 18 heavy (non-hydrogen) atoms. The molecule has 1 fully saturated rings. The van der Waals surface area contributed by atoms with Crippen molar-refractivity contribution in [1.82, 2.24) is 5.32 Å². The minimum absolute atomic E-state index is 0.603. The molecule has 1 aliphatic rings. The van der Waals surface area contributed by atoms with Gasteiger partial charge in [0, 0.05) is 6.04 Å². The van der Waals surface area contributed by atoms with E-state index in [0.29, 0.717) is 5.41 Å². The van der Waals surface area contributed by atoms with Gasteiger partial charge < -0.3 is 5.32 Å². The molecular formula is C17H27N. The Morgan fingerprint density at radius 2 is 1.94 bits per heavy atom. The average molecular weight is 245 g/mol. The van der Waals surface area contributed by atoms with Gasteiger partial charge in [0.1, 0.15) is 0 Å². The summed E-state index contributed by atoms with van der Waals surface area (Å²) in [5.41, 5.74) is 2.08. The molecule has 100 valence electrons. The lowest BCUT2D eigenvalue weighted by atomic mass is 9.92. The summed E-state index contributed by atoms with van der Waals surface area (Å²) in [4.78, 5) is 0. The topological polar surface area (TPSA) is 12.0 Å². The molecule has 0 amide bonds. The van der Waals surface area contributed by atoms with Crippen LogP contribution in [0.2, 0.25) is 0 Å². The van der Waals surface area contributed by atoms with Gasteiger partial charge in [-0.05, 0) is 56.0 Å². The molecule has 0 spiro atoms. The zero-order valence-corrected chi connectivity index (χ0v) is 11.9. The first-order chi connectivity index (χ1) is 8.74. The molecule has 0 radical (unpaired) electrons. The Balaban J connectivity index is 1.75. The standard InChI is InChI=1S/C17H27N/c1-3-14-18-16(17(2)12-13-17)11-7-10-15-8-5-4-6-9-15/h4-6,8-9,16,18H,3,7,10-14H2,1-2H3. The second-order valence-electron chi connectivity index (χ2n) is 6.04. The Kier molecular flexibility index (Phi) is 4.82. The zero-order valence-electron chi connectivity index (χ0n) is 11.9. The van der Waals surface area contributed by atoms with Crippen LogP contribution < -0.4 is 5.32 Å². The molecule has 1 aromatic carbocycles. The summed E-state index contributed by atoms with van der Waals surface area (Å²) in [6.45, 7) is 5.87. The number of hydrogen-bond donors (Lipinski definition) is 1. The highest BCUT2D eigenvalue weighted by Gasteiger charge is 2.43. The van der Waals surface area contributed by atoms with E-state index in [2.05, 4.69) is 49.5 Å². The summed E-state index contributed by atoms with van der Waals surface area (Å²) >= 11 is 0. The molecule has 2 rings (SSSR count). The minimum Gasteiger partial charge on any atom is -0.313 e. The average Bonchev–Trinajstić information content (AvgIpc) is 3.14. The minimum atomic E-state index is 0.603. The van der Waals surface area contributed by atoms with Gasteiger partial charge in [0.05, 0.1) is 0 Å². The van der Waals surface area contributed by atoms with Crippen LogP contribution >= 0.6 is 0 Å². The number of rotatable bonds is 8. The van der Waals surface area contributed by atoms with Crippen molar-refractivity contribution < 1.29 is 0 Å². The highest BCUT2D eigenvalue weighted by atomic mass is 14.9. The summed E-state index contributed by atoms with van der Waals surface area (Å²) < 4.78 is 0. The van der Waals surface area contributed by atoms with Crippen molar-refractivity contribution in [3.63, 3.8) is 0 Å². The fourth-order valence-corrected chi connectivity index (χ4v) is 2.72. The molecule has 0 aromatic heterocycles. The Morgan fingerprint density at radius 3 is 2.56 bits per heavy atom. The SMILES string of the molecule is CCCNC(CCCc1ccccc1)C1(C)CC1. The van der Waals surface area contributed by atoms with Gasteiger partial charge in [0.25, 0.3) is 0 Å². The molecule has 1 N–H and O–H groups in total. The van der Waals surface area contributed by atoms with Crippen molar-refractivity contribution in [2.24, 2.45) is 5.41 Å². The van der Waals surface area contributed by atoms with Crippen LogP contribution in [-0.4, -0.2) is 12.6 Å². The number of hydrogen-bond acceptors (Lipinski definition) is 1. The predicted octanol–water partition coefficient (Wildman–Crippen LogP) is 4.18. The Bertz CT molecular complexity index is 340. The number of nitrogens with one attached hydrogen (secondary N) is 1. The molecule has 1 unspecified atom stereocenters. The van der Waals surface area contributed by atoms with Gasteiger partial charge in [-0.15, -0.1) is 0 Å². The summed E-state index contributed by atoms with van der Waals surface area (Å²) in [6, 6.07) is 11.6. The van der Waals surface area contributed by atoms with Crippen molar-refractivity contribution >= 4 is 0 Å². The fourth-order valence-electron chi connectivity index (χ4n) is 2.72. The third-order valence-electron chi connectivity index (χ3n) is 4.32. The van der Waals surface area contributed by atoms with E-state index in [-0.39, 0.29) is 0 Å². The predicted molar refractivity (Wildman–Crippen MR) is 78.8 cm³/mol. The quantitative estimate of drug-likeness (QED) is 0.724. The maximum atomic E-state index is 3.76. The molecule has 1 saturated carbocycles. The Hall–Kier alpha value is -0.820. The molecule has 1 atom stereocenters. The third kappa shape index (κ3) is 3.84. The van der Waals surface area contributed by atoms with Crippen molar-refractivity contribution in [2.75, 3.05) is 6.54 Å². The molecule has 0 heterocycles. The summed E-state index contributed by atoms with van der Waals surface area (Å²) in [7, 11) is 0. The smallest absolute Gasteiger partial charge is 0.0121 e. The van der Waals surface area contributed by atoms with Crippen LogP contribution in [0.15, 0.2) is 30.3 Å². The van der Waals surface area contributed by atoms with Gasteiger partial charge >= 0.3 is 0 Å². The molecule has 1 aromatic rings. The molecule has 1 heteroatoms. The molecule has 0 saturated heterocycles. The molecule has 0 aliphatic heterocycles. The van der Waals surface area contributed by atoms with Crippen molar-refractivity contribution in [3.05, 3.63) is 35.9 Å². The lowest BCUT2D eigenvalue weighted by Crippen LogP contribution is -2.36. The van der Waals surface area contributed by atoms with Crippen LogP contribution in [0.1, 0.15) is 51.5 Å². The molecule has 0 bridgehead atoms. The van der Waals surface area contributed by atoms with Gasteiger partial charge in [-0.2, -0.15) is 0 Å². The van der Waals surface area contributed by atoms with Gasteiger partial charge in [0.15, 0.2) is 0 Å². The lowest BCUT2D eigenvalue weighted by molar-refractivity contribution is 0.331. The van der Waals surface area contributed by atoms with E-state index < -0.39 is 0 Å². The lowest BCUT2D eigenvalue weighted by Gasteiger charge is -2.25. The largest absolute Gasteiger partial charge is 0.313 e. The number of benzene rings is 1. The van der Waals surface area contributed by atoms with Gasteiger partial charge in [0.2, 0.25) is 0 Å². The van der Waals surface area contributed by atoms with Crippen LogP contribution in [0.5, 0.6) is 0 Å². The van der Waals surface area contributed by atoms with Crippen molar-refractivity contribution in [3.8, 4) is 0 Å². The second-order valence-corrected chi connectivity index (χ2v) is 6.04. The molecule has 1 aliphatic carbocycles. The monoisotopic (exact) mass is 245 g/mol. The molecule has 1 nitrogen and oxygen atoms in total. The van der Waals surface area contributed by atoms with Crippen LogP contribution in [0, 0.1) is 5.41 Å². The van der Waals surface area contributed by atoms with Crippen molar-refractivity contribution in [2.45, 2.75) is 58.4 Å². The van der Waals surface area contributed by atoms with E-state index in [9.17, 15) is 0 Å². The first-order valence-corrected chi connectivity index (χ1v) is 7.52. The van der Waals surface area contributed by atoms with Crippen molar-refractivity contribution in [1.29, 1.82) is 0 Å². The van der Waals surface area contributed by atoms with Crippen LogP contribution in [0.3, 0.4) is 0 Å². The van der Waals surface area contributed by atoms with E-state index in [1.807, 2.05) is 0 Å². The summed E-state index contributed by atoms with van der Waals surface area (Å²) in [6.07, 6.45) is 7.93. The Morgan fingerprint density at radius 1 is 1.22 bits per heavy atom. The zero-order chi connectivity index (χ0) is 12.8. The normalized spacial score (nSPS) is 18.6. The Labute approximate surface area is 112 Å². The second kappa shape index (κ2) is 6.38. The van der Waals surface area contributed by atoms with E-state index in [0.717, 1.165) is 6.04 Å². The van der Waals surface area contributed by atoms with E-state index >= 15 is 0 Å². The van der Waals surface area contributed by atoms with Gasteiger partial charge in [-0.25, -0.2) is 0 Å². The van der Waals surface area contributed by atoms with E-state index in [4.69, 9.17) is 0 Å². The highest BCUT2D eigenvalue weighted by Crippen LogP contribution is 2.49. The van der Waals surface area contributed by atoms with Gasteiger partial charge in [-0.3, -0.25) is 0 Å². The molecular weight excluding hydrogens is 218 g/mol.